The molecule has 0 radical (unpaired) electrons. The summed E-state index contributed by atoms with van der Waals surface area (Å²) in [6.45, 7) is 9.89. The Morgan fingerprint density at radius 2 is 1.74 bits per heavy atom. The van der Waals surface area contributed by atoms with Gasteiger partial charge in [0.05, 0.1) is 5.92 Å². The van der Waals surface area contributed by atoms with Crippen LogP contribution in [0.2, 0.25) is 0 Å². The van der Waals surface area contributed by atoms with E-state index in [4.69, 9.17) is 5.73 Å². The Balaban J connectivity index is 2.08. The van der Waals surface area contributed by atoms with E-state index in [1.165, 1.54) is 12.8 Å². The van der Waals surface area contributed by atoms with Gasteiger partial charge in [-0.1, -0.05) is 20.8 Å². The summed E-state index contributed by atoms with van der Waals surface area (Å²) >= 11 is 0. The number of likely N-dealkylation sites (tertiary alicyclic amines) is 1. The average Bonchev–Trinajstić information content (AvgIpc) is 2.36. The molecular weight excluding hydrogens is 236 g/mol. The Kier molecular flexibility index (Phi) is 4.54. The van der Waals surface area contributed by atoms with Crippen molar-refractivity contribution < 1.29 is 4.79 Å². The number of rotatable bonds is 1. The minimum absolute atomic E-state index is 0.0590. The molecule has 2 fully saturated rings. The lowest BCUT2D eigenvalue weighted by Crippen LogP contribution is -2.54. The minimum atomic E-state index is 0.0590. The molecule has 6 unspecified atom stereocenters. The number of carbonyl (C=O) groups is 1. The quantitative estimate of drug-likeness (QED) is 0.793. The minimum Gasteiger partial charge on any atom is -0.339 e. The highest BCUT2D eigenvalue weighted by Gasteiger charge is 2.39. The molecule has 1 amide bonds. The number of hydrogen-bond donors (Lipinski definition) is 1. The van der Waals surface area contributed by atoms with Crippen molar-refractivity contribution >= 4 is 5.91 Å². The summed E-state index contributed by atoms with van der Waals surface area (Å²) in [5.74, 6) is 2.25. The van der Waals surface area contributed by atoms with Crippen molar-refractivity contribution in [3.05, 3.63) is 0 Å². The van der Waals surface area contributed by atoms with Crippen molar-refractivity contribution in [2.24, 2.45) is 29.4 Å². The van der Waals surface area contributed by atoms with Crippen LogP contribution in [0, 0.1) is 23.7 Å². The Hall–Kier alpha value is -0.570. The van der Waals surface area contributed by atoms with Gasteiger partial charge in [0.1, 0.15) is 0 Å². The second-order valence-electron chi connectivity index (χ2n) is 7.24. The van der Waals surface area contributed by atoms with Crippen molar-refractivity contribution in [1.82, 2.24) is 4.90 Å². The van der Waals surface area contributed by atoms with E-state index in [1.54, 1.807) is 0 Å². The summed E-state index contributed by atoms with van der Waals surface area (Å²) in [5, 5.41) is 0. The fourth-order valence-corrected chi connectivity index (χ4v) is 3.91. The molecule has 2 rings (SSSR count). The lowest BCUT2D eigenvalue weighted by atomic mass is 9.77. The maximum Gasteiger partial charge on any atom is 0.227 e. The van der Waals surface area contributed by atoms with Gasteiger partial charge in [-0.3, -0.25) is 4.79 Å². The zero-order valence-electron chi connectivity index (χ0n) is 12.9. The lowest BCUT2D eigenvalue weighted by molar-refractivity contribution is -0.143. The maximum atomic E-state index is 12.9. The molecule has 0 aromatic rings. The third-order valence-electron chi connectivity index (χ3n) is 5.36. The topological polar surface area (TPSA) is 46.3 Å². The summed E-state index contributed by atoms with van der Waals surface area (Å²) < 4.78 is 0. The molecule has 3 heteroatoms. The normalized spacial score (nSPS) is 44.2. The van der Waals surface area contributed by atoms with Gasteiger partial charge in [0.15, 0.2) is 0 Å². The van der Waals surface area contributed by atoms with Crippen molar-refractivity contribution in [1.29, 1.82) is 0 Å². The second-order valence-corrected chi connectivity index (χ2v) is 7.24. The first-order chi connectivity index (χ1) is 8.90. The van der Waals surface area contributed by atoms with Gasteiger partial charge in [-0.2, -0.15) is 0 Å². The van der Waals surface area contributed by atoms with Gasteiger partial charge in [0, 0.05) is 18.6 Å². The van der Waals surface area contributed by atoms with Gasteiger partial charge >= 0.3 is 0 Å². The number of carbonyl (C=O) groups excluding carboxylic acids is 1. The molecule has 1 saturated heterocycles. The SMILES string of the molecule is CC1CCC(N)C(C(=O)N2CC(C)CC(C)C2C)C1. The zero-order chi connectivity index (χ0) is 14.2. The fourth-order valence-electron chi connectivity index (χ4n) is 3.91. The van der Waals surface area contributed by atoms with Gasteiger partial charge in [-0.15, -0.1) is 0 Å². The van der Waals surface area contributed by atoms with Crippen LogP contribution in [0.3, 0.4) is 0 Å². The number of hydrogen-bond acceptors (Lipinski definition) is 2. The Bertz CT molecular complexity index is 331. The highest BCUT2D eigenvalue weighted by atomic mass is 16.2. The van der Waals surface area contributed by atoms with Gasteiger partial charge in [-0.05, 0) is 50.4 Å². The third kappa shape index (κ3) is 3.13. The molecule has 2 aliphatic rings. The Morgan fingerprint density at radius 1 is 1.05 bits per heavy atom. The van der Waals surface area contributed by atoms with E-state index in [1.807, 2.05) is 0 Å². The molecular formula is C16H30N2O. The largest absolute Gasteiger partial charge is 0.339 e. The van der Waals surface area contributed by atoms with E-state index in [0.717, 1.165) is 19.4 Å². The van der Waals surface area contributed by atoms with Crippen molar-refractivity contribution in [2.45, 2.75) is 65.5 Å². The van der Waals surface area contributed by atoms with Crippen LogP contribution in [0.1, 0.15) is 53.4 Å². The van der Waals surface area contributed by atoms with E-state index >= 15 is 0 Å². The van der Waals surface area contributed by atoms with Crippen LogP contribution in [0.5, 0.6) is 0 Å². The van der Waals surface area contributed by atoms with Crippen LogP contribution in [-0.2, 0) is 4.79 Å². The summed E-state index contributed by atoms with van der Waals surface area (Å²) in [4.78, 5) is 15.0. The summed E-state index contributed by atoms with van der Waals surface area (Å²) in [5.41, 5.74) is 6.22. The molecule has 0 aromatic carbocycles. The molecule has 1 aliphatic carbocycles. The van der Waals surface area contributed by atoms with Crippen LogP contribution in [0.25, 0.3) is 0 Å². The Morgan fingerprint density at radius 3 is 2.42 bits per heavy atom. The van der Waals surface area contributed by atoms with Crippen molar-refractivity contribution in [3.8, 4) is 0 Å². The average molecular weight is 266 g/mol. The van der Waals surface area contributed by atoms with Gasteiger partial charge < -0.3 is 10.6 Å². The number of nitrogens with zero attached hydrogens (tertiary/aromatic N) is 1. The molecule has 110 valence electrons. The van der Waals surface area contributed by atoms with E-state index in [0.29, 0.717) is 29.7 Å². The first-order valence-corrected chi connectivity index (χ1v) is 7.96. The molecule has 1 aliphatic heterocycles. The lowest BCUT2D eigenvalue weighted by Gasteiger charge is -2.44. The molecule has 19 heavy (non-hydrogen) atoms. The summed E-state index contributed by atoms with van der Waals surface area (Å²) in [7, 11) is 0. The van der Waals surface area contributed by atoms with E-state index in [-0.39, 0.29) is 12.0 Å². The van der Waals surface area contributed by atoms with Gasteiger partial charge in [0.25, 0.3) is 0 Å². The molecule has 1 heterocycles. The molecule has 0 bridgehead atoms. The van der Waals surface area contributed by atoms with E-state index < -0.39 is 0 Å². The monoisotopic (exact) mass is 266 g/mol. The smallest absolute Gasteiger partial charge is 0.227 e. The van der Waals surface area contributed by atoms with Crippen molar-refractivity contribution in [3.63, 3.8) is 0 Å². The maximum absolute atomic E-state index is 12.9. The van der Waals surface area contributed by atoms with Crippen LogP contribution >= 0.6 is 0 Å². The van der Waals surface area contributed by atoms with Crippen molar-refractivity contribution in [2.75, 3.05) is 6.54 Å². The molecule has 0 spiro atoms. The summed E-state index contributed by atoms with van der Waals surface area (Å²) in [6, 6.07) is 0.441. The zero-order valence-corrected chi connectivity index (χ0v) is 12.9. The predicted molar refractivity (Wildman–Crippen MR) is 78.6 cm³/mol. The number of amides is 1. The second kappa shape index (κ2) is 5.82. The fraction of sp³-hybridized carbons (Fsp3) is 0.938. The third-order valence-corrected chi connectivity index (χ3v) is 5.36. The standard InChI is InChI=1S/C16H30N2O/c1-10-5-6-15(17)14(8-10)16(19)18-9-11(2)7-12(3)13(18)4/h10-15H,5-9,17H2,1-4H3. The van der Waals surface area contributed by atoms with Crippen LogP contribution in [0.4, 0.5) is 0 Å². The van der Waals surface area contributed by atoms with E-state index in [9.17, 15) is 4.79 Å². The van der Waals surface area contributed by atoms with Gasteiger partial charge in [0.2, 0.25) is 5.91 Å². The molecule has 0 aromatic heterocycles. The molecule has 6 atom stereocenters. The predicted octanol–water partition coefficient (Wildman–Crippen LogP) is 2.64. The first kappa shape index (κ1) is 14.8. The highest BCUT2D eigenvalue weighted by Crippen LogP contribution is 2.33. The highest BCUT2D eigenvalue weighted by molar-refractivity contribution is 5.80. The number of nitrogens with two attached hydrogens (primary N) is 1. The summed E-state index contributed by atoms with van der Waals surface area (Å²) in [6.07, 6.45) is 4.39. The van der Waals surface area contributed by atoms with E-state index in [2.05, 4.69) is 32.6 Å². The number of piperidine rings is 1. The molecule has 1 saturated carbocycles. The van der Waals surface area contributed by atoms with Crippen LogP contribution in [-0.4, -0.2) is 29.4 Å². The van der Waals surface area contributed by atoms with Gasteiger partial charge in [-0.25, -0.2) is 0 Å². The molecule has 3 nitrogen and oxygen atoms in total. The Labute approximate surface area is 117 Å². The van der Waals surface area contributed by atoms with Crippen LogP contribution < -0.4 is 5.73 Å². The van der Waals surface area contributed by atoms with Crippen LogP contribution in [0.15, 0.2) is 0 Å². The first-order valence-electron chi connectivity index (χ1n) is 7.96. The molecule has 2 N–H and O–H groups in total.